The van der Waals surface area contributed by atoms with Gasteiger partial charge in [0, 0.05) is 0 Å². The molecule has 0 saturated carbocycles. The maximum Gasteiger partial charge on any atom is 0.341 e. The molecule has 0 amide bonds. The van der Waals surface area contributed by atoms with E-state index in [1.54, 1.807) is 18.2 Å². The van der Waals surface area contributed by atoms with Crippen molar-refractivity contribution in [2.24, 2.45) is 0 Å². The van der Waals surface area contributed by atoms with E-state index >= 15 is 0 Å². The number of hydrogen-bond acceptors (Lipinski definition) is 4. The van der Waals surface area contributed by atoms with Gasteiger partial charge in [-0.1, -0.05) is 6.07 Å². The second-order valence-corrected chi connectivity index (χ2v) is 2.53. The summed E-state index contributed by atoms with van der Waals surface area (Å²) in [7, 11) is 1.33. The highest BCUT2D eigenvalue weighted by Gasteiger charge is 2.21. The Labute approximate surface area is 75.0 Å². The predicted molar refractivity (Wildman–Crippen MR) is 43.9 cm³/mol. The highest BCUT2D eigenvalue weighted by molar-refractivity contribution is 5.93. The van der Waals surface area contributed by atoms with Crippen molar-refractivity contribution >= 4 is 5.97 Å². The first-order chi connectivity index (χ1) is 6.33. The lowest BCUT2D eigenvalue weighted by atomic mass is 10.2. The lowest BCUT2D eigenvalue weighted by molar-refractivity contribution is 0.0596. The fraction of sp³-hybridized carbons (Fsp3) is 0.222. The first-order valence-corrected chi connectivity index (χ1v) is 3.80. The molecule has 0 unspecified atom stereocenters. The van der Waals surface area contributed by atoms with Crippen LogP contribution >= 0.6 is 0 Å². The van der Waals surface area contributed by atoms with Gasteiger partial charge in [-0.3, -0.25) is 0 Å². The van der Waals surface area contributed by atoms with Crippen molar-refractivity contribution in [3.05, 3.63) is 23.8 Å². The minimum atomic E-state index is -0.414. The molecule has 1 aromatic rings. The number of rotatable bonds is 1. The maximum absolute atomic E-state index is 11.2. The molecular weight excluding hydrogens is 172 g/mol. The molecule has 13 heavy (non-hydrogen) atoms. The van der Waals surface area contributed by atoms with Gasteiger partial charge in [0.1, 0.15) is 5.56 Å². The van der Waals surface area contributed by atoms with E-state index in [9.17, 15) is 4.79 Å². The molecule has 0 saturated heterocycles. The van der Waals surface area contributed by atoms with Crippen molar-refractivity contribution in [3.63, 3.8) is 0 Å². The van der Waals surface area contributed by atoms with E-state index < -0.39 is 5.97 Å². The number of benzene rings is 1. The van der Waals surface area contributed by atoms with Crippen molar-refractivity contribution < 1.29 is 19.0 Å². The summed E-state index contributed by atoms with van der Waals surface area (Å²) in [5.41, 5.74) is 0.400. The molecule has 0 radical (unpaired) electrons. The van der Waals surface area contributed by atoms with Crippen LogP contribution in [0.2, 0.25) is 0 Å². The average Bonchev–Trinajstić information content (AvgIpc) is 2.63. The quantitative estimate of drug-likeness (QED) is 0.609. The molecule has 1 aliphatic heterocycles. The molecule has 0 N–H and O–H groups in total. The van der Waals surface area contributed by atoms with Crippen LogP contribution in [-0.2, 0) is 4.74 Å². The summed E-state index contributed by atoms with van der Waals surface area (Å²) in [6, 6.07) is 5.11. The van der Waals surface area contributed by atoms with Crippen LogP contribution in [0.15, 0.2) is 18.2 Å². The Hall–Kier alpha value is -1.71. The van der Waals surface area contributed by atoms with E-state index in [0.717, 1.165) is 0 Å². The zero-order valence-electron chi connectivity index (χ0n) is 7.07. The highest BCUT2D eigenvalue weighted by atomic mass is 16.7. The Balaban J connectivity index is 2.47. The number of fused-ring (bicyclic) bond motifs is 1. The molecule has 4 nitrogen and oxygen atoms in total. The molecule has 0 fully saturated rings. The normalized spacial score (nSPS) is 12.7. The Kier molecular flexibility index (Phi) is 1.81. The van der Waals surface area contributed by atoms with Crippen LogP contribution in [0.4, 0.5) is 0 Å². The van der Waals surface area contributed by atoms with Gasteiger partial charge in [0.05, 0.1) is 7.11 Å². The van der Waals surface area contributed by atoms with Crippen LogP contribution in [-0.4, -0.2) is 19.9 Å². The number of hydrogen-bond donors (Lipinski definition) is 0. The molecule has 1 heterocycles. The van der Waals surface area contributed by atoms with Crippen LogP contribution in [0, 0.1) is 0 Å². The van der Waals surface area contributed by atoms with Crippen molar-refractivity contribution in [2.45, 2.75) is 0 Å². The van der Waals surface area contributed by atoms with Crippen molar-refractivity contribution in [1.82, 2.24) is 0 Å². The van der Waals surface area contributed by atoms with Gasteiger partial charge in [-0.25, -0.2) is 4.79 Å². The minimum absolute atomic E-state index is 0.156. The molecule has 1 aliphatic rings. The molecule has 0 aromatic heterocycles. The number of esters is 1. The number of carbonyl (C=O) groups is 1. The van der Waals surface area contributed by atoms with Crippen molar-refractivity contribution in [2.75, 3.05) is 13.9 Å². The van der Waals surface area contributed by atoms with Gasteiger partial charge < -0.3 is 14.2 Å². The predicted octanol–water partition coefficient (Wildman–Crippen LogP) is 1.20. The standard InChI is InChI=1S/C9H8O4/c1-11-9(10)6-3-2-4-7-8(6)13-5-12-7/h2-4H,5H2,1H3. The fourth-order valence-electron chi connectivity index (χ4n) is 1.20. The minimum Gasteiger partial charge on any atom is -0.465 e. The molecule has 2 rings (SSSR count). The Morgan fingerprint density at radius 2 is 2.31 bits per heavy atom. The monoisotopic (exact) mass is 180 g/mol. The number of para-hydroxylation sites is 1. The van der Waals surface area contributed by atoms with Crippen LogP contribution in [0.5, 0.6) is 11.5 Å². The maximum atomic E-state index is 11.2. The van der Waals surface area contributed by atoms with Gasteiger partial charge in [-0.2, -0.15) is 0 Å². The second-order valence-electron chi connectivity index (χ2n) is 2.53. The Morgan fingerprint density at radius 1 is 1.46 bits per heavy atom. The van der Waals surface area contributed by atoms with Gasteiger partial charge in [-0.15, -0.1) is 0 Å². The Morgan fingerprint density at radius 3 is 3.08 bits per heavy atom. The molecule has 0 aliphatic carbocycles. The van der Waals surface area contributed by atoms with E-state index in [4.69, 9.17) is 9.47 Å². The molecule has 0 spiro atoms. The highest BCUT2D eigenvalue weighted by Crippen LogP contribution is 2.35. The van der Waals surface area contributed by atoms with E-state index in [1.165, 1.54) is 7.11 Å². The van der Waals surface area contributed by atoms with E-state index in [1.807, 2.05) is 0 Å². The largest absolute Gasteiger partial charge is 0.465 e. The van der Waals surface area contributed by atoms with Gasteiger partial charge in [-0.05, 0) is 12.1 Å². The van der Waals surface area contributed by atoms with Crippen LogP contribution < -0.4 is 9.47 Å². The number of methoxy groups -OCH3 is 1. The molecule has 68 valence electrons. The molecule has 0 atom stereocenters. The summed E-state index contributed by atoms with van der Waals surface area (Å²) in [6.07, 6.45) is 0. The van der Waals surface area contributed by atoms with Crippen molar-refractivity contribution in [3.8, 4) is 11.5 Å². The van der Waals surface area contributed by atoms with E-state index in [-0.39, 0.29) is 6.79 Å². The van der Waals surface area contributed by atoms with Crippen molar-refractivity contribution in [1.29, 1.82) is 0 Å². The van der Waals surface area contributed by atoms with Gasteiger partial charge in [0.2, 0.25) is 6.79 Å². The Bertz CT molecular complexity index is 345. The molecule has 4 heteroatoms. The lowest BCUT2D eigenvalue weighted by Gasteiger charge is -2.02. The van der Waals surface area contributed by atoms with Gasteiger partial charge in [0.15, 0.2) is 11.5 Å². The number of ether oxygens (including phenoxy) is 3. The first kappa shape index (κ1) is 7.91. The third-order valence-electron chi connectivity index (χ3n) is 1.80. The van der Waals surface area contributed by atoms with E-state index in [0.29, 0.717) is 17.1 Å². The summed E-state index contributed by atoms with van der Waals surface area (Å²) < 4.78 is 14.8. The van der Waals surface area contributed by atoms with Crippen LogP contribution in [0.25, 0.3) is 0 Å². The van der Waals surface area contributed by atoms with E-state index in [2.05, 4.69) is 4.74 Å². The van der Waals surface area contributed by atoms with Crippen LogP contribution in [0.3, 0.4) is 0 Å². The summed E-state index contributed by atoms with van der Waals surface area (Å²) >= 11 is 0. The van der Waals surface area contributed by atoms with Crippen LogP contribution in [0.1, 0.15) is 10.4 Å². The fourth-order valence-corrected chi connectivity index (χ4v) is 1.20. The third kappa shape index (κ3) is 1.20. The summed E-state index contributed by atoms with van der Waals surface area (Å²) in [6.45, 7) is 0.156. The van der Waals surface area contributed by atoms with Gasteiger partial charge in [0.25, 0.3) is 0 Å². The smallest absolute Gasteiger partial charge is 0.341 e. The zero-order chi connectivity index (χ0) is 9.26. The molecule has 0 bridgehead atoms. The SMILES string of the molecule is COC(=O)c1cccc2c1OCO2. The second kappa shape index (κ2) is 2.97. The summed E-state index contributed by atoms with van der Waals surface area (Å²) in [4.78, 5) is 11.2. The molecule has 1 aromatic carbocycles. The molecular formula is C9H8O4. The summed E-state index contributed by atoms with van der Waals surface area (Å²) in [5.74, 6) is 0.639. The first-order valence-electron chi connectivity index (χ1n) is 3.80. The number of carbonyl (C=O) groups excluding carboxylic acids is 1. The summed E-state index contributed by atoms with van der Waals surface area (Å²) in [5, 5.41) is 0. The topological polar surface area (TPSA) is 44.8 Å². The van der Waals surface area contributed by atoms with Gasteiger partial charge >= 0.3 is 5.97 Å². The third-order valence-corrected chi connectivity index (χ3v) is 1.80. The average molecular weight is 180 g/mol. The lowest BCUT2D eigenvalue weighted by Crippen LogP contribution is -2.02. The zero-order valence-corrected chi connectivity index (χ0v) is 7.07.